The first-order valence-corrected chi connectivity index (χ1v) is 21.8. The highest BCUT2D eigenvalue weighted by Gasteiger charge is 2.71. The predicted molar refractivity (Wildman–Crippen MR) is 202 cm³/mol. The number of aliphatic hydroxyl groups excluding tert-OH is 4. The number of hydrogen-bond donors (Lipinski definition) is 5. The van der Waals surface area contributed by atoms with Gasteiger partial charge in [0.1, 0.15) is 31.0 Å². The quantitative estimate of drug-likeness (QED) is 0.176. The van der Waals surface area contributed by atoms with Crippen LogP contribution in [0.2, 0.25) is 0 Å². The van der Waals surface area contributed by atoms with E-state index in [0.29, 0.717) is 18.8 Å². The Bertz CT molecular complexity index is 1530. The second-order valence-corrected chi connectivity index (χ2v) is 19.4. The van der Waals surface area contributed by atoms with Gasteiger partial charge in [0.05, 0.1) is 48.3 Å². The van der Waals surface area contributed by atoms with E-state index >= 15 is 0 Å². The molecule has 4 aliphatic heterocycles. The SMILES string of the molecule is CC(=O)O[C@H]1C[C@H](O[C@@H]2[C@@H](O)C[C@H](O[C@@H]3[C@@H](O)C[C@H](O[C@@H]4CC[C@@]5(C)[C@H](CC[C@@H]6[C@@H]5C[C@@H](O)[C@]5(C)[C@H](C7=CC(=O)OC7)CC[C@]65O)C4)O[C@@H]3C)O[C@@H]2C)O[C@H](C)[C@H]1O. The average Bonchev–Trinajstić information content (AvgIpc) is 3.70. The van der Waals surface area contributed by atoms with Gasteiger partial charge in [-0.2, -0.15) is 0 Å². The number of esters is 2. The summed E-state index contributed by atoms with van der Waals surface area (Å²) >= 11 is 0. The standard InChI is InChI=1S/C43H66O15/c1-20-38(49)32(55-23(4)44)18-37(52-20)58-40-22(3)54-36(17-31(40)46)57-39-21(2)53-35(16-30(39)45)56-26-9-11-41(5)25(14-26)7-8-28-29(41)15-33(47)42(6)27(10-12-43(28,42)50)24-13-34(48)51-19-24/h13,20-22,25-33,35-40,45-47,49-50H,7-12,14-19H2,1-6H3/t20-,21-,22-,25-,26-,27+,28-,29+,30+,31+,32+,33-,35+,36+,37+,38-,39+,40+,41+,42+,43+/m1/s1. The van der Waals surface area contributed by atoms with Gasteiger partial charge in [0.2, 0.25) is 0 Å². The van der Waals surface area contributed by atoms with Crippen molar-refractivity contribution in [3.8, 4) is 0 Å². The Balaban J connectivity index is 0.829. The number of rotatable bonds is 8. The monoisotopic (exact) mass is 822 g/mol. The fraction of sp³-hybridized carbons (Fsp3) is 0.907. The minimum Gasteiger partial charge on any atom is -0.459 e. The summed E-state index contributed by atoms with van der Waals surface area (Å²) in [4.78, 5) is 23.5. The summed E-state index contributed by atoms with van der Waals surface area (Å²) in [6.45, 7) is 11.2. The lowest BCUT2D eigenvalue weighted by molar-refractivity contribution is -0.336. The Morgan fingerprint density at radius 1 is 0.759 bits per heavy atom. The van der Waals surface area contributed by atoms with Crippen LogP contribution in [-0.2, 0) is 47.5 Å². The molecule has 0 aromatic heterocycles. The van der Waals surface area contributed by atoms with Crippen molar-refractivity contribution >= 4 is 11.9 Å². The van der Waals surface area contributed by atoms with Crippen LogP contribution < -0.4 is 0 Å². The first-order chi connectivity index (χ1) is 27.4. The fourth-order valence-electron chi connectivity index (χ4n) is 13.1. The fourth-order valence-corrected chi connectivity index (χ4v) is 13.1. The summed E-state index contributed by atoms with van der Waals surface area (Å²) in [6.07, 6.45) is -1.66. The molecule has 15 nitrogen and oxygen atoms in total. The zero-order valence-corrected chi connectivity index (χ0v) is 34.8. The van der Waals surface area contributed by atoms with E-state index < -0.39 is 96.9 Å². The van der Waals surface area contributed by atoms with Crippen LogP contribution in [0.1, 0.15) is 112 Å². The molecule has 0 radical (unpaired) electrons. The molecule has 3 saturated heterocycles. The van der Waals surface area contributed by atoms with E-state index in [9.17, 15) is 35.1 Å². The molecule has 0 amide bonds. The van der Waals surface area contributed by atoms with Crippen LogP contribution in [0, 0.1) is 34.5 Å². The van der Waals surface area contributed by atoms with E-state index in [1.165, 1.54) is 6.92 Å². The van der Waals surface area contributed by atoms with Crippen LogP contribution in [0.5, 0.6) is 0 Å². The minimum absolute atomic E-state index is 0.0561. The number of aliphatic hydroxyl groups is 5. The highest BCUT2D eigenvalue weighted by molar-refractivity contribution is 5.85. The third-order valence-electron chi connectivity index (χ3n) is 16.2. The molecule has 4 heterocycles. The van der Waals surface area contributed by atoms with Crippen LogP contribution in [0.15, 0.2) is 11.6 Å². The Morgan fingerprint density at radius 3 is 1.98 bits per heavy atom. The highest BCUT2D eigenvalue weighted by Crippen LogP contribution is 2.70. The Morgan fingerprint density at radius 2 is 1.38 bits per heavy atom. The number of carbonyl (C=O) groups excluding carboxylic acids is 2. The predicted octanol–water partition coefficient (Wildman–Crippen LogP) is 2.79. The molecule has 0 bridgehead atoms. The van der Waals surface area contributed by atoms with E-state index in [0.717, 1.165) is 44.1 Å². The number of carbonyl (C=O) groups is 2. The van der Waals surface area contributed by atoms with Crippen molar-refractivity contribution in [3.63, 3.8) is 0 Å². The van der Waals surface area contributed by atoms with Crippen molar-refractivity contribution < 1.29 is 73.0 Å². The second-order valence-electron chi connectivity index (χ2n) is 19.4. The number of ether oxygens (including phenoxy) is 8. The Hall–Kier alpha value is -1.76. The summed E-state index contributed by atoms with van der Waals surface area (Å²) < 4.78 is 47.7. The summed E-state index contributed by atoms with van der Waals surface area (Å²) in [5.41, 5.74) is -0.918. The molecule has 0 aromatic rings. The van der Waals surface area contributed by atoms with Gasteiger partial charge in [0.15, 0.2) is 18.9 Å². The molecule has 8 aliphatic rings. The Labute approximate surface area is 341 Å². The molecule has 0 aromatic carbocycles. The Kier molecular flexibility index (Phi) is 12.0. The zero-order valence-electron chi connectivity index (χ0n) is 34.8. The molecule has 5 N–H and O–H groups in total. The lowest BCUT2D eigenvalue weighted by Gasteiger charge is -2.65. The van der Waals surface area contributed by atoms with Crippen molar-refractivity contribution in [2.24, 2.45) is 34.5 Å². The third-order valence-corrected chi connectivity index (χ3v) is 16.2. The molecular formula is C43H66O15. The van der Waals surface area contributed by atoms with Gasteiger partial charge in [-0.05, 0) is 107 Å². The summed E-state index contributed by atoms with van der Waals surface area (Å²) in [5.74, 6) is -0.345. The van der Waals surface area contributed by atoms with E-state index in [2.05, 4.69) is 6.92 Å². The molecule has 8 rings (SSSR count). The zero-order chi connectivity index (χ0) is 41.5. The van der Waals surface area contributed by atoms with Crippen molar-refractivity contribution in [3.05, 3.63) is 11.6 Å². The van der Waals surface area contributed by atoms with Crippen LogP contribution in [0.25, 0.3) is 0 Å². The molecule has 7 fully saturated rings. The van der Waals surface area contributed by atoms with Gasteiger partial charge in [0.25, 0.3) is 0 Å². The van der Waals surface area contributed by atoms with E-state index in [4.69, 9.17) is 37.9 Å². The van der Waals surface area contributed by atoms with Gasteiger partial charge in [-0.15, -0.1) is 0 Å². The van der Waals surface area contributed by atoms with Crippen molar-refractivity contribution in [2.45, 2.75) is 204 Å². The molecule has 328 valence electrons. The van der Waals surface area contributed by atoms with Crippen molar-refractivity contribution in [1.82, 2.24) is 0 Å². The second kappa shape index (κ2) is 16.2. The molecule has 4 aliphatic carbocycles. The van der Waals surface area contributed by atoms with Crippen LogP contribution in [0.3, 0.4) is 0 Å². The molecule has 0 unspecified atom stereocenters. The number of cyclic esters (lactones) is 1. The van der Waals surface area contributed by atoms with Crippen LogP contribution >= 0.6 is 0 Å². The molecule has 21 atom stereocenters. The lowest BCUT2D eigenvalue weighted by Crippen LogP contribution is -2.67. The summed E-state index contributed by atoms with van der Waals surface area (Å²) in [7, 11) is 0. The number of hydrogen-bond acceptors (Lipinski definition) is 15. The maximum absolute atomic E-state index is 12.6. The molecule has 4 saturated carbocycles. The smallest absolute Gasteiger partial charge is 0.331 e. The lowest BCUT2D eigenvalue weighted by atomic mass is 9.42. The molecule has 0 spiro atoms. The van der Waals surface area contributed by atoms with Gasteiger partial charge in [0, 0.05) is 37.7 Å². The van der Waals surface area contributed by atoms with Gasteiger partial charge >= 0.3 is 11.9 Å². The minimum atomic E-state index is -1.02. The highest BCUT2D eigenvalue weighted by atomic mass is 16.7. The van der Waals surface area contributed by atoms with Crippen LogP contribution in [0.4, 0.5) is 0 Å². The van der Waals surface area contributed by atoms with E-state index in [-0.39, 0.29) is 61.1 Å². The summed E-state index contributed by atoms with van der Waals surface area (Å²) in [5, 5.41) is 57.3. The first-order valence-electron chi connectivity index (χ1n) is 21.8. The van der Waals surface area contributed by atoms with Gasteiger partial charge < -0.3 is 63.4 Å². The largest absolute Gasteiger partial charge is 0.459 e. The topological polar surface area (TPSA) is 209 Å². The average molecular weight is 823 g/mol. The maximum atomic E-state index is 12.6. The van der Waals surface area contributed by atoms with E-state index in [1.54, 1.807) is 19.9 Å². The number of fused-ring (bicyclic) bond motifs is 5. The summed E-state index contributed by atoms with van der Waals surface area (Å²) in [6, 6.07) is 0. The molecule has 15 heteroatoms. The van der Waals surface area contributed by atoms with Gasteiger partial charge in [-0.3, -0.25) is 4.79 Å². The van der Waals surface area contributed by atoms with Crippen LogP contribution in [-0.4, -0.2) is 136 Å². The third kappa shape index (κ3) is 7.49. The maximum Gasteiger partial charge on any atom is 0.331 e. The first kappa shape index (κ1) is 42.9. The molecule has 58 heavy (non-hydrogen) atoms. The van der Waals surface area contributed by atoms with E-state index in [1.807, 2.05) is 13.8 Å². The normalized spacial score (nSPS) is 53.2. The van der Waals surface area contributed by atoms with Crippen molar-refractivity contribution in [2.75, 3.05) is 6.61 Å². The van der Waals surface area contributed by atoms with Crippen molar-refractivity contribution in [1.29, 1.82) is 0 Å². The molecular weight excluding hydrogens is 756 g/mol. The van der Waals surface area contributed by atoms with Gasteiger partial charge in [-0.1, -0.05) is 13.8 Å². The van der Waals surface area contributed by atoms with Gasteiger partial charge in [-0.25, -0.2) is 4.79 Å².